The molecule has 0 amide bonds. The minimum Gasteiger partial charge on any atom is -0.478 e. The third-order valence-corrected chi connectivity index (χ3v) is 13.0. The number of fused-ring (bicyclic) bond motifs is 5. The standard InChI is InChI=1S/C36H52O6/c1-23(9-8-10-24(2)32(37)38)27-13-14-28-31-29(15-16-35(27,28)4)34(3)17-18-36(40-19-20-41-36)22-26(34)21-30(31)42-33(39)25-11-6-5-7-12-25/h5-7,10-12,23,26-31,33,39H,8-9,13-22H2,1-4H3,(H,37,38)/b24-10+/t23-,26+,27-,28?,29?,30-,31?,33?,34+,35-/m1/s1. The number of aliphatic carboxylic acids is 1. The van der Waals surface area contributed by atoms with Crippen LogP contribution in [-0.4, -0.2) is 41.3 Å². The van der Waals surface area contributed by atoms with E-state index in [4.69, 9.17) is 14.2 Å². The van der Waals surface area contributed by atoms with Crippen LogP contribution >= 0.6 is 0 Å². The molecule has 6 heteroatoms. The summed E-state index contributed by atoms with van der Waals surface area (Å²) in [5, 5.41) is 20.6. The molecule has 1 aliphatic heterocycles. The van der Waals surface area contributed by atoms with E-state index in [0.717, 1.165) is 44.1 Å². The number of rotatable bonds is 8. The molecule has 1 aromatic rings. The van der Waals surface area contributed by atoms with Crippen molar-refractivity contribution >= 4 is 5.97 Å². The van der Waals surface area contributed by atoms with Crippen LogP contribution < -0.4 is 0 Å². The first-order valence-electron chi connectivity index (χ1n) is 16.6. The molecule has 1 heterocycles. The Labute approximate surface area is 252 Å². The number of ether oxygens (including phenoxy) is 3. The summed E-state index contributed by atoms with van der Waals surface area (Å²) in [4.78, 5) is 11.3. The van der Waals surface area contributed by atoms with Gasteiger partial charge < -0.3 is 24.4 Å². The second-order valence-electron chi connectivity index (χ2n) is 15.0. The predicted octanol–water partition coefficient (Wildman–Crippen LogP) is 7.52. The largest absolute Gasteiger partial charge is 0.478 e. The first-order chi connectivity index (χ1) is 20.1. The average Bonchev–Trinajstić information content (AvgIpc) is 3.58. The first-order valence-corrected chi connectivity index (χ1v) is 16.6. The molecule has 1 spiro atoms. The number of carboxylic acid groups (broad SMARTS) is 1. The Morgan fingerprint density at radius 1 is 1.05 bits per heavy atom. The summed E-state index contributed by atoms with van der Waals surface area (Å²) >= 11 is 0. The fourth-order valence-corrected chi connectivity index (χ4v) is 10.7. The van der Waals surface area contributed by atoms with Gasteiger partial charge in [0.15, 0.2) is 12.1 Å². The van der Waals surface area contributed by atoms with Crippen LogP contribution in [0.4, 0.5) is 0 Å². The summed E-state index contributed by atoms with van der Waals surface area (Å²) in [7, 11) is 0. The van der Waals surface area contributed by atoms with E-state index in [-0.39, 0.29) is 16.9 Å². The maximum absolute atomic E-state index is 11.3. The quantitative estimate of drug-likeness (QED) is 0.244. The van der Waals surface area contributed by atoms with Crippen LogP contribution in [0.15, 0.2) is 42.0 Å². The lowest BCUT2D eigenvalue weighted by atomic mass is 9.43. The third-order valence-electron chi connectivity index (χ3n) is 13.0. The highest BCUT2D eigenvalue weighted by atomic mass is 16.7. The van der Waals surface area contributed by atoms with Gasteiger partial charge in [0.25, 0.3) is 0 Å². The van der Waals surface area contributed by atoms with Gasteiger partial charge in [-0.1, -0.05) is 57.2 Å². The number of hydrogen-bond donors (Lipinski definition) is 2. The lowest BCUT2D eigenvalue weighted by molar-refractivity contribution is -0.264. The highest BCUT2D eigenvalue weighted by Crippen LogP contribution is 2.69. The van der Waals surface area contributed by atoms with E-state index < -0.39 is 18.0 Å². The molecule has 4 aliphatic carbocycles. The summed E-state index contributed by atoms with van der Waals surface area (Å²) in [6.07, 6.45) is 11.7. The Morgan fingerprint density at radius 2 is 1.76 bits per heavy atom. The Balaban J connectivity index is 1.26. The highest BCUT2D eigenvalue weighted by molar-refractivity contribution is 5.85. The normalized spacial score (nSPS) is 40.6. The number of benzene rings is 1. The summed E-state index contributed by atoms with van der Waals surface area (Å²) in [5.74, 6) is 1.93. The molecule has 4 unspecified atom stereocenters. The molecule has 1 aromatic carbocycles. The van der Waals surface area contributed by atoms with E-state index in [1.807, 2.05) is 36.4 Å². The van der Waals surface area contributed by atoms with Gasteiger partial charge in [-0.05, 0) is 105 Å². The number of carbonyl (C=O) groups is 1. The molecule has 1 saturated heterocycles. The highest BCUT2D eigenvalue weighted by Gasteiger charge is 2.65. The summed E-state index contributed by atoms with van der Waals surface area (Å²) < 4.78 is 19.2. The van der Waals surface area contributed by atoms with Crippen molar-refractivity contribution < 1.29 is 29.2 Å². The molecule has 5 aliphatic rings. The lowest BCUT2D eigenvalue weighted by Crippen LogP contribution is -2.60. The van der Waals surface area contributed by atoms with Gasteiger partial charge in [0.05, 0.1) is 19.3 Å². The molecular formula is C36H52O6. The van der Waals surface area contributed by atoms with E-state index >= 15 is 0 Å². The molecule has 4 saturated carbocycles. The fourth-order valence-electron chi connectivity index (χ4n) is 10.7. The fraction of sp³-hybridized carbons (Fsp3) is 0.750. The Kier molecular flexibility index (Phi) is 8.40. The smallest absolute Gasteiger partial charge is 0.330 e. The SMILES string of the molecule is C/C(=C\CC[C@@H](C)[C@H]1CCC2C3C(CC[C@@]21C)[C@@]1(C)CCC2(C[C@@H]1C[C@H]3OC(O)c1ccccc1)OCCO2)C(=O)O. The summed E-state index contributed by atoms with van der Waals surface area (Å²) in [6, 6.07) is 9.84. The molecule has 232 valence electrons. The van der Waals surface area contributed by atoms with Crippen molar-refractivity contribution in [1.82, 2.24) is 0 Å². The number of aliphatic hydroxyl groups excluding tert-OH is 1. The molecule has 42 heavy (non-hydrogen) atoms. The van der Waals surface area contributed by atoms with Crippen LogP contribution in [0.25, 0.3) is 0 Å². The molecular weight excluding hydrogens is 528 g/mol. The van der Waals surface area contributed by atoms with Crippen molar-refractivity contribution in [2.75, 3.05) is 13.2 Å². The Bertz CT molecular complexity index is 1140. The zero-order chi connectivity index (χ0) is 29.7. The number of aliphatic hydroxyl groups is 1. The van der Waals surface area contributed by atoms with Gasteiger partial charge in [-0.25, -0.2) is 4.79 Å². The minimum atomic E-state index is -0.925. The zero-order valence-corrected chi connectivity index (χ0v) is 26.1. The zero-order valence-electron chi connectivity index (χ0n) is 26.1. The molecule has 0 radical (unpaired) electrons. The maximum Gasteiger partial charge on any atom is 0.330 e. The first kappa shape index (κ1) is 30.3. The van der Waals surface area contributed by atoms with E-state index in [9.17, 15) is 15.0 Å². The lowest BCUT2D eigenvalue weighted by Gasteiger charge is -2.64. The number of allylic oxidation sites excluding steroid dienone is 1. The molecule has 0 aromatic heterocycles. The van der Waals surface area contributed by atoms with Gasteiger partial charge in [0.1, 0.15) is 0 Å². The van der Waals surface area contributed by atoms with Crippen LogP contribution in [0.5, 0.6) is 0 Å². The van der Waals surface area contributed by atoms with Gasteiger partial charge in [-0.2, -0.15) is 0 Å². The van der Waals surface area contributed by atoms with Gasteiger partial charge in [0, 0.05) is 24.0 Å². The van der Waals surface area contributed by atoms with Gasteiger partial charge in [-0.3, -0.25) is 0 Å². The van der Waals surface area contributed by atoms with Crippen LogP contribution in [-0.2, 0) is 19.0 Å². The molecule has 2 N–H and O–H groups in total. The van der Waals surface area contributed by atoms with Gasteiger partial charge in [-0.15, -0.1) is 0 Å². The van der Waals surface area contributed by atoms with E-state index in [2.05, 4.69) is 20.8 Å². The van der Waals surface area contributed by atoms with Gasteiger partial charge >= 0.3 is 5.97 Å². The van der Waals surface area contributed by atoms with Crippen molar-refractivity contribution in [3.63, 3.8) is 0 Å². The second-order valence-corrected chi connectivity index (χ2v) is 15.0. The number of hydrogen-bond acceptors (Lipinski definition) is 5. The third kappa shape index (κ3) is 5.29. The average molecular weight is 581 g/mol. The van der Waals surface area contributed by atoms with Crippen molar-refractivity contribution in [2.45, 2.75) is 110 Å². The van der Waals surface area contributed by atoms with Crippen molar-refractivity contribution in [1.29, 1.82) is 0 Å². The topological polar surface area (TPSA) is 85.2 Å². The van der Waals surface area contributed by atoms with Crippen molar-refractivity contribution in [3.05, 3.63) is 47.5 Å². The van der Waals surface area contributed by atoms with Crippen molar-refractivity contribution in [2.24, 2.45) is 46.3 Å². The second kappa shape index (κ2) is 11.6. The summed E-state index contributed by atoms with van der Waals surface area (Å²) in [5.41, 5.74) is 1.74. The summed E-state index contributed by atoms with van der Waals surface area (Å²) in [6.45, 7) is 10.6. The van der Waals surface area contributed by atoms with E-state index in [1.54, 1.807) is 6.92 Å². The van der Waals surface area contributed by atoms with Crippen LogP contribution in [0.2, 0.25) is 0 Å². The predicted molar refractivity (Wildman–Crippen MR) is 161 cm³/mol. The van der Waals surface area contributed by atoms with Crippen LogP contribution in [0.3, 0.4) is 0 Å². The van der Waals surface area contributed by atoms with Crippen molar-refractivity contribution in [3.8, 4) is 0 Å². The van der Waals surface area contributed by atoms with Gasteiger partial charge in [0.2, 0.25) is 0 Å². The Hall–Kier alpha value is -1.73. The molecule has 6 rings (SSSR count). The van der Waals surface area contributed by atoms with E-state index in [0.29, 0.717) is 54.3 Å². The minimum absolute atomic E-state index is 0.000310. The monoisotopic (exact) mass is 580 g/mol. The molecule has 5 fully saturated rings. The molecule has 0 bridgehead atoms. The van der Waals surface area contributed by atoms with E-state index in [1.165, 1.54) is 25.7 Å². The maximum atomic E-state index is 11.3. The number of carboxylic acids is 1. The molecule has 6 nitrogen and oxygen atoms in total. The van der Waals surface area contributed by atoms with Crippen LogP contribution in [0, 0.1) is 46.3 Å². The Morgan fingerprint density at radius 3 is 2.48 bits per heavy atom. The molecule has 10 atom stereocenters. The van der Waals surface area contributed by atoms with Crippen LogP contribution in [0.1, 0.15) is 104 Å².